The van der Waals surface area contributed by atoms with Crippen LogP contribution in [0.5, 0.6) is 0 Å². The Labute approximate surface area is 176 Å². The number of ether oxygens (including phenoxy) is 1. The number of carbonyl (C=O) groups is 1. The van der Waals surface area contributed by atoms with Gasteiger partial charge in [-0.05, 0) is 18.6 Å². The summed E-state index contributed by atoms with van der Waals surface area (Å²) in [5.41, 5.74) is 0.387. The van der Waals surface area contributed by atoms with E-state index in [4.69, 9.17) is 4.74 Å². The number of aromatic nitrogens is 2. The minimum absolute atomic E-state index is 0.116. The van der Waals surface area contributed by atoms with Crippen molar-refractivity contribution >= 4 is 16.9 Å². The number of likely N-dealkylation sites (tertiary alicyclic amines) is 1. The van der Waals surface area contributed by atoms with Gasteiger partial charge in [-0.15, -0.1) is 0 Å². The second-order valence-corrected chi connectivity index (χ2v) is 7.91. The summed E-state index contributed by atoms with van der Waals surface area (Å²) in [6, 6.07) is 5.63. The lowest BCUT2D eigenvalue weighted by atomic mass is 10.0. The van der Waals surface area contributed by atoms with Crippen LogP contribution in [0.25, 0.3) is 11.0 Å². The molecule has 3 heterocycles. The molecule has 0 spiro atoms. The minimum atomic E-state index is -4.71. The van der Waals surface area contributed by atoms with Gasteiger partial charge in [0.25, 0.3) is 0 Å². The number of para-hydroxylation sites is 2. The Hall–Kier alpha value is -2.21. The molecule has 4 rings (SSSR count). The molecule has 0 radical (unpaired) electrons. The van der Waals surface area contributed by atoms with Gasteiger partial charge in [0.15, 0.2) is 0 Å². The van der Waals surface area contributed by atoms with Gasteiger partial charge in [0.05, 0.1) is 42.5 Å². The van der Waals surface area contributed by atoms with Gasteiger partial charge in [-0.25, -0.2) is 4.98 Å². The smallest absolute Gasteiger partial charge is 0.390 e. The SMILES string of the molecule is O=C(Cn1c(C(F)(F)F)nc2ccccc21)N1CC[C@@H](O)[C@@H](O)[C@H](N2CCOCC2)C1. The van der Waals surface area contributed by atoms with Crippen LogP contribution in [0.3, 0.4) is 0 Å². The Morgan fingerprint density at radius 2 is 1.87 bits per heavy atom. The first-order valence-corrected chi connectivity index (χ1v) is 10.2. The summed E-state index contributed by atoms with van der Waals surface area (Å²) in [6.45, 7) is 1.77. The van der Waals surface area contributed by atoms with Gasteiger partial charge in [-0.1, -0.05) is 12.1 Å². The van der Waals surface area contributed by atoms with Crippen LogP contribution in [0.15, 0.2) is 24.3 Å². The number of hydrogen-bond acceptors (Lipinski definition) is 6. The fourth-order valence-electron chi connectivity index (χ4n) is 4.29. The van der Waals surface area contributed by atoms with Crippen molar-refractivity contribution in [3.8, 4) is 0 Å². The third-order valence-corrected chi connectivity index (χ3v) is 5.96. The van der Waals surface area contributed by atoms with Crippen LogP contribution >= 0.6 is 0 Å². The lowest BCUT2D eigenvalue weighted by Crippen LogP contribution is -2.55. The van der Waals surface area contributed by atoms with E-state index >= 15 is 0 Å². The van der Waals surface area contributed by atoms with Crippen LogP contribution in [-0.2, 0) is 22.3 Å². The number of morpholine rings is 1. The normalized spacial score (nSPS) is 26.2. The quantitative estimate of drug-likeness (QED) is 0.728. The summed E-state index contributed by atoms with van der Waals surface area (Å²) in [7, 11) is 0. The van der Waals surface area contributed by atoms with Crippen molar-refractivity contribution < 1.29 is 32.9 Å². The van der Waals surface area contributed by atoms with Gasteiger partial charge in [-0.2, -0.15) is 13.2 Å². The molecule has 11 heteroatoms. The molecule has 31 heavy (non-hydrogen) atoms. The first kappa shape index (κ1) is 22.0. The highest BCUT2D eigenvalue weighted by molar-refractivity contribution is 5.81. The van der Waals surface area contributed by atoms with E-state index in [1.54, 1.807) is 12.1 Å². The standard InChI is InChI=1S/C20H25F3N4O4/c21-20(22,23)19-24-13-3-1-2-4-14(13)27(19)12-17(29)26-6-5-16(28)18(30)15(11-26)25-7-9-31-10-8-25/h1-4,15-16,18,28,30H,5-12H2/t15-,16-,18+/m1/s1. The van der Waals surface area contributed by atoms with E-state index in [1.165, 1.54) is 17.0 Å². The van der Waals surface area contributed by atoms with Crippen LogP contribution in [0.2, 0.25) is 0 Å². The number of nitrogens with zero attached hydrogens (tertiary/aromatic N) is 4. The Balaban J connectivity index is 1.59. The summed E-state index contributed by atoms with van der Waals surface area (Å²) < 4.78 is 46.9. The van der Waals surface area contributed by atoms with Gasteiger partial charge >= 0.3 is 6.18 Å². The molecule has 8 nitrogen and oxygen atoms in total. The predicted molar refractivity (Wildman–Crippen MR) is 104 cm³/mol. The maximum absolute atomic E-state index is 13.6. The average molecular weight is 442 g/mol. The van der Waals surface area contributed by atoms with Crippen molar-refractivity contribution in [1.29, 1.82) is 0 Å². The lowest BCUT2D eigenvalue weighted by molar-refractivity contribution is -0.148. The molecule has 2 fully saturated rings. The monoisotopic (exact) mass is 442 g/mol. The molecular weight excluding hydrogens is 417 g/mol. The number of hydrogen-bond donors (Lipinski definition) is 2. The molecule has 2 aliphatic heterocycles. The fourth-order valence-corrected chi connectivity index (χ4v) is 4.29. The molecule has 1 amide bonds. The first-order chi connectivity index (χ1) is 14.8. The highest BCUT2D eigenvalue weighted by Gasteiger charge is 2.40. The Morgan fingerprint density at radius 3 is 2.58 bits per heavy atom. The zero-order valence-electron chi connectivity index (χ0n) is 16.8. The Morgan fingerprint density at radius 1 is 1.16 bits per heavy atom. The van der Waals surface area contributed by atoms with Gasteiger partial charge in [0.2, 0.25) is 11.7 Å². The van der Waals surface area contributed by atoms with Crippen molar-refractivity contribution in [2.45, 2.75) is 37.4 Å². The molecule has 2 aliphatic rings. The average Bonchev–Trinajstić information content (AvgIpc) is 3.05. The van der Waals surface area contributed by atoms with E-state index < -0.39 is 42.7 Å². The third-order valence-electron chi connectivity index (χ3n) is 5.96. The number of fused-ring (bicyclic) bond motifs is 1. The highest BCUT2D eigenvalue weighted by atomic mass is 19.4. The summed E-state index contributed by atoms with van der Waals surface area (Å²) >= 11 is 0. The maximum atomic E-state index is 13.6. The van der Waals surface area contributed by atoms with Gasteiger partial charge in [0, 0.05) is 26.2 Å². The van der Waals surface area contributed by atoms with Crippen molar-refractivity contribution in [2.24, 2.45) is 0 Å². The van der Waals surface area contributed by atoms with E-state index in [2.05, 4.69) is 4.98 Å². The summed E-state index contributed by atoms with van der Waals surface area (Å²) in [5.74, 6) is -1.64. The zero-order chi connectivity index (χ0) is 22.2. The van der Waals surface area contributed by atoms with Gasteiger partial charge in [-0.3, -0.25) is 9.69 Å². The van der Waals surface area contributed by atoms with Crippen LogP contribution in [0.1, 0.15) is 12.2 Å². The number of carbonyl (C=O) groups excluding carboxylic acids is 1. The number of aliphatic hydroxyl groups is 2. The number of alkyl halides is 3. The molecule has 170 valence electrons. The number of halogens is 3. The van der Waals surface area contributed by atoms with Crippen molar-refractivity contribution in [1.82, 2.24) is 19.4 Å². The Bertz CT molecular complexity index is 929. The molecule has 1 aromatic heterocycles. The van der Waals surface area contributed by atoms with Crippen molar-refractivity contribution in [2.75, 3.05) is 39.4 Å². The van der Waals surface area contributed by atoms with Crippen LogP contribution in [0.4, 0.5) is 13.2 Å². The van der Waals surface area contributed by atoms with E-state index in [0.717, 1.165) is 4.57 Å². The molecule has 0 aliphatic carbocycles. The van der Waals surface area contributed by atoms with E-state index in [1.807, 2.05) is 4.90 Å². The lowest BCUT2D eigenvalue weighted by Gasteiger charge is -2.38. The van der Waals surface area contributed by atoms with Crippen LogP contribution in [0, 0.1) is 0 Å². The summed E-state index contributed by atoms with van der Waals surface area (Å²) in [4.78, 5) is 20.1. The molecule has 0 bridgehead atoms. The van der Waals surface area contributed by atoms with Crippen LogP contribution in [-0.4, -0.2) is 93.1 Å². The molecule has 0 unspecified atom stereocenters. The van der Waals surface area contributed by atoms with Gasteiger partial charge < -0.3 is 24.4 Å². The van der Waals surface area contributed by atoms with E-state index in [9.17, 15) is 28.2 Å². The first-order valence-electron chi connectivity index (χ1n) is 10.2. The molecule has 2 aromatic rings. The molecule has 2 saturated heterocycles. The molecule has 2 N–H and O–H groups in total. The number of rotatable bonds is 3. The summed E-state index contributed by atoms with van der Waals surface area (Å²) in [5, 5.41) is 20.9. The molecule has 3 atom stereocenters. The van der Waals surface area contributed by atoms with Crippen molar-refractivity contribution in [3.63, 3.8) is 0 Å². The zero-order valence-corrected chi connectivity index (χ0v) is 16.8. The topological polar surface area (TPSA) is 91.1 Å². The van der Waals surface area contributed by atoms with E-state index in [0.29, 0.717) is 26.3 Å². The van der Waals surface area contributed by atoms with E-state index in [-0.39, 0.29) is 30.5 Å². The van der Waals surface area contributed by atoms with Crippen LogP contribution < -0.4 is 0 Å². The second-order valence-electron chi connectivity index (χ2n) is 7.91. The number of imidazole rings is 1. The third kappa shape index (κ3) is 4.54. The largest absolute Gasteiger partial charge is 0.449 e. The molecular formula is C20H25F3N4O4. The molecule has 0 saturated carbocycles. The Kier molecular flexibility index (Phi) is 6.20. The minimum Gasteiger partial charge on any atom is -0.390 e. The highest BCUT2D eigenvalue weighted by Crippen LogP contribution is 2.31. The molecule has 1 aromatic carbocycles. The number of aliphatic hydroxyl groups excluding tert-OH is 2. The number of benzene rings is 1. The second kappa shape index (κ2) is 8.73. The predicted octanol–water partition coefficient (Wildman–Crippen LogP) is 0.710. The number of amides is 1. The van der Waals surface area contributed by atoms with Gasteiger partial charge in [0.1, 0.15) is 6.54 Å². The maximum Gasteiger partial charge on any atom is 0.449 e. The van der Waals surface area contributed by atoms with Crippen molar-refractivity contribution in [3.05, 3.63) is 30.1 Å². The fraction of sp³-hybridized carbons (Fsp3) is 0.600. The summed E-state index contributed by atoms with van der Waals surface area (Å²) in [6.07, 6.45) is -6.65.